The quantitative estimate of drug-likeness (QED) is 0.496. The van der Waals surface area contributed by atoms with Crippen LogP contribution in [0.25, 0.3) is 10.9 Å². The molecule has 8 heteroatoms. The molecule has 0 amide bonds. The summed E-state index contributed by atoms with van der Waals surface area (Å²) in [6.07, 6.45) is 2.21. The highest BCUT2D eigenvalue weighted by atomic mass is 35.5. The van der Waals surface area contributed by atoms with Gasteiger partial charge in [0.1, 0.15) is 6.04 Å². The Morgan fingerprint density at radius 2 is 1.93 bits per heavy atom. The number of ether oxygens (including phenoxy) is 1. The van der Waals surface area contributed by atoms with Crippen molar-refractivity contribution in [3.63, 3.8) is 0 Å². The third-order valence-electron chi connectivity index (χ3n) is 4.30. The van der Waals surface area contributed by atoms with E-state index in [2.05, 4.69) is 10.3 Å². The maximum Gasteiger partial charge on any atom is 0.321 e. The zero-order chi connectivity index (χ0) is 19.4. The first-order chi connectivity index (χ1) is 13.0. The Balaban J connectivity index is 0.00000280. The van der Waals surface area contributed by atoms with E-state index in [-0.39, 0.29) is 12.4 Å². The average Bonchev–Trinajstić information content (AvgIpc) is 3.04. The Morgan fingerprint density at radius 1 is 1.25 bits per heavy atom. The first-order valence-electron chi connectivity index (χ1n) is 8.61. The lowest BCUT2D eigenvalue weighted by molar-refractivity contribution is -0.139. The van der Waals surface area contributed by atoms with Crippen molar-refractivity contribution >= 4 is 40.1 Å². The van der Waals surface area contributed by atoms with E-state index in [1.807, 2.05) is 37.4 Å². The second kappa shape index (κ2) is 10.0. The molecule has 0 spiro atoms. The number of carbonyl (C=O) groups is 1. The first-order valence-corrected chi connectivity index (χ1v) is 9.37. The fourth-order valence-electron chi connectivity index (χ4n) is 3.00. The standard InChI is InChI=1S/C20H20Cl2N2O3.ClH/c1-2-27-19-15(21)7-12(8-16(19)22)10-23-18(20(25)26)9-13-11-24-17-6-4-3-5-14(13)17;/h3-8,11,18,23-24H,2,9-10H2,1H3,(H,25,26);1H/p-1. The number of aromatic amines is 1. The molecular weight excluding hydrogens is 423 g/mol. The summed E-state index contributed by atoms with van der Waals surface area (Å²) >= 11 is 12.4. The minimum absolute atomic E-state index is 0. The molecule has 3 rings (SSSR count). The number of aromatic nitrogens is 1. The Hall–Kier alpha value is -1.92. The van der Waals surface area contributed by atoms with E-state index in [1.54, 1.807) is 12.1 Å². The molecule has 0 aliphatic carbocycles. The van der Waals surface area contributed by atoms with Crippen molar-refractivity contribution in [3.8, 4) is 5.75 Å². The summed E-state index contributed by atoms with van der Waals surface area (Å²) in [5.74, 6) is -0.471. The minimum atomic E-state index is -0.914. The van der Waals surface area contributed by atoms with Crippen molar-refractivity contribution < 1.29 is 27.0 Å². The molecule has 150 valence electrons. The molecule has 0 saturated carbocycles. The number of H-pyrrole nitrogens is 1. The van der Waals surface area contributed by atoms with Crippen LogP contribution < -0.4 is 22.5 Å². The topological polar surface area (TPSA) is 74.3 Å². The van der Waals surface area contributed by atoms with Crippen LogP contribution in [-0.4, -0.2) is 28.7 Å². The Kier molecular flexibility index (Phi) is 8.01. The summed E-state index contributed by atoms with van der Waals surface area (Å²) < 4.78 is 5.42. The number of carboxylic acid groups (broad SMARTS) is 1. The Morgan fingerprint density at radius 3 is 2.57 bits per heavy atom. The van der Waals surface area contributed by atoms with Crippen molar-refractivity contribution in [1.29, 1.82) is 0 Å². The molecule has 0 aliphatic rings. The average molecular weight is 443 g/mol. The predicted molar refractivity (Wildman–Crippen MR) is 108 cm³/mol. The molecule has 1 aromatic heterocycles. The van der Waals surface area contributed by atoms with Crippen molar-refractivity contribution in [2.45, 2.75) is 25.9 Å². The number of fused-ring (bicyclic) bond motifs is 1. The third-order valence-corrected chi connectivity index (χ3v) is 4.86. The summed E-state index contributed by atoms with van der Waals surface area (Å²) in [4.78, 5) is 14.9. The van der Waals surface area contributed by atoms with E-state index in [1.165, 1.54) is 0 Å². The molecule has 5 nitrogen and oxygen atoms in total. The smallest absolute Gasteiger partial charge is 0.321 e. The van der Waals surface area contributed by atoms with Gasteiger partial charge in [0.05, 0.1) is 16.7 Å². The molecule has 1 atom stereocenters. The summed E-state index contributed by atoms with van der Waals surface area (Å²) in [5.41, 5.74) is 2.73. The molecule has 1 unspecified atom stereocenters. The zero-order valence-corrected chi connectivity index (χ0v) is 17.4. The molecule has 2 aromatic carbocycles. The van der Waals surface area contributed by atoms with Crippen LogP contribution in [0.15, 0.2) is 42.6 Å². The van der Waals surface area contributed by atoms with Gasteiger partial charge in [-0.3, -0.25) is 4.79 Å². The first kappa shape index (κ1) is 22.4. The van der Waals surface area contributed by atoms with E-state index in [0.29, 0.717) is 35.4 Å². The number of rotatable bonds is 8. The number of para-hydroxylation sites is 1. The Labute approximate surface area is 179 Å². The normalized spacial score (nSPS) is 11.8. The van der Waals surface area contributed by atoms with E-state index in [0.717, 1.165) is 22.0 Å². The van der Waals surface area contributed by atoms with Crippen LogP contribution in [0.1, 0.15) is 18.1 Å². The van der Waals surface area contributed by atoms with Crippen molar-refractivity contribution in [3.05, 3.63) is 63.8 Å². The second-order valence-corrected chi connectivity index (χ2v) is 6.97. The van der Waals surface area contributed by atoms with Crippen LogP contribution in [0.2, 0.25) is 10.0 Å². The van der Waals surface area contributed by atoms with Crippen molar-refractivity contribution in [1.82, 2.24) is 10.3 Å². The number of nitrogens with one attached hydrogen (secondary N) is 2. The summed E-state index contributed by atoms with van der Waals surface area (Å²) in [7, 11) is 0. The van der Waals surface area contributed by atoms with Gasteiger partial charge in [-0.25, -0.2) is 0 Å². The van der Waals surface area contributed by atoms with Crippen LogP contribution in [0, 0.1) is 0 Å². The number of aliphatic carboxylic acids is 1. The van der Waals surface area contributed by atoms with Gasteiger partial charge in [-0.05, 0) is 36.2 Å². The minimum Gasteiger partial charge on any atom is -1.00 e. The van der Waals surface area contributed by atoms with Gasteiger partial charge in [-0.15, -0.1) is 0 Å². The lowest BCUT2D eigenvalue weighted by Crippen LogP contribution is -3.00. The number of hydrogen-bond acceptors (Lipinski definition) is 3. The van der Waals surface area contributed by atoms with Gasteiger partial charge in [0.2, 0.25) is 0 Å². The van der Waals surface area contributed by atoms with Gasteiger partial charge in [0.25, 0.3) is 0 Å². The molecule has 0 bridgehead atoms. The predicted octanol–water partition coefficient (Wildman–Crippen LogP) is 1.66. The molecular formula is C20H20Cl3N2O3-. The molecule has 1 heterocycles. The Bertz CT molecular complexity index is 936. The van der Waals surface area contributed by atoms with Crippen LogP contribution >= 0.6 is 23.2 Å². The molecule has 0 saturated heterocycles. The fourth-order valence-corrected chi connectivity index (χ4v) is 3.65. The molecule has 0 fully saturated rings. The van der Waals surface area contributed by atoms with Crippen LogP contribution in [-0.2, 0) is 17.8 Å². The van der Waals surface area contributed by atoms with Gasteiger partial charge in [-0.2, -0.15) is 0 Å². The highest BCUT2D eigenvalue weighted by Crippen LogP contribution is 2.34. The zero-order valence-electron chi connectivity index (χ0n) is 15.1. The van der Waals surface area contributed by atoms with Gasteiger partial charge >= 0.3 is 5.97 Å². The summed E-state index contributed by atoms with van der Waals surface area (Å²) in [6.45, 7) is 2.64. The van der Waals surface area contributed by atoms with Crippen LogP contribution in [0.3, 0.4) is 0 Å². The van der Waals surface area contributed by atoms with Gasteiger partial charge < -0.3 is 32.6 Å². The van der Waals surface area contributed by atoms with E-state index in [9.17, 15) is 9.90 Å². The maximum absolute atomic E-state index is 11.7. The van der Waals surface area contributed by atoms with E-state index in [4.69, 9.17) is 27.9 Å². The van der Waals surface area contributed by atoms with E-state index >= 15 is 0 Å². The number of carboxylic acids is 1. The largest absolute Gasteiger partial charge is 1.00 e. The van der Waals surface area contributed by atoms with Crippen LogP contribution in [0.5, 0.6) is 5.75 Å². The maximum atomic E-state index is 11.7. The van der Waals surface area contributed by atoms with Crippen LogP contribution in [0.4, 0.5) is 0 Å². The number of halogens is 3. The summed E-state index contributed by atoms with van der Waals surface area (Å²) in [5, 5.41) is 14.5. The van der Waals surface area contributed by atoms with E-state index < -0.39 is 12.0 Å². The molecule has 3 N–H and O–H groups in total. The molecule has 3 aromatic rings. The molecule has 0 radical (unpaired) electrons. The highest BCUT2D eigenvalue weighted by Gasteiger charge is 2.20. The molecule has 0 aliphatic heterocycles. The van der Waals surface area contributed by atoms with Gasteiger partial charge in [0.15, 0.2) is 5.75 Å². The van der Waals surface area contributed by atoms with Gasteiger partial charge in [0, 0.05) is 30.1 Å². The SMILES string of the molecule is CCOc1c(Cl)cc(CNC(Cc2c[nH]c3ccccc23)C(=O)O)cc1Cl.[Cl-]. The number of hydrogen-bond donors (Lipinski definition) is 3. The lowest BCUT2D eigenvalue weighted by Gasteiger charge is -2.15. The number of benzene rings is 2. The third kappa shape index (κ3) is 5.11. The second-order valence-electron chi connectivity index (χ2n) is 6.16. The fraction of sp³-hybridized carbons (Fsp3) is 0.250. The lowest BCUT2D eigenvalue weighted by atomic mass is 10.0. The van der Waals surface area contributed by atoms with Crippen molar-refractivity contribution in [2.24, 2.45) is 0 Å². The summed E-state index contributed by atoms with van der Waals surface area (Å²) in [6, 6.07) is 10.5. The van der Waals surface area contributed by atoms with Crippen molar-refractivity contribution in [2.75, 3.05) is 6.61 Å². The monoisotopic (exact) mass is 441 g/mol. The molecule has 28 heavy (non-hydrogen) atoms. The van der Waals surface area contributed by atoms with Gasteiger partial charge in [-0.1, -0.05) is 41.4 Å². The highest BCUT2D eigenvalue weighted by molar-refractivity contribution is 6.37.